The number of rotatable bonds is 5. The molecule has 1 unspecified atom stereocenters. The zero-order valence-corrected chi connectivity index (χ0v) is 11.4. The van der Waals surface area contributed by atoms with Gasteiger partial charge in [-0.3, -0.25) is 4.90 Å². The third-order valence-electron chi connectivity index (χ3n) is 4.24. The summed E-state index contributed by atoms with van der Waals surface area (Å²) in [4.78, 5) is 2.54. The minimum Gasteiger partial charge on any atom is -0.383 e. The Kier molecular flexibility index (Phi) is 4.77. The van der Waals surface area contributed by atoms with Crippen LogP contribution >= 0.6 is 0 Å². The topological polar surface area (TPSA) is 38.5 Å². The molecule has 0 aromatic heterocycles. The van der Waals surface area contributed by atoms with Gasteiger partial charge in [0, 0.05) is 13.7 Å². The Labute approximate surface area is 100 Å². The molecule has 2 N–H and O–H groups in total. The maximum absolute atomic E-state index is 5.98. The third-order valence-corrected chi connectivity index (χ3v) is 4.24. The van der Waals surface area contributed by atoms with Crippen molar-refractivity contribution in [3.05, 3.63) is 0 Å². The van der Waals surface area contributed by atoms with Gasteiger partial charge in [-0.2, -0.15) is 0 Å². The minimum absolute atomic E-state index is 0.0608. The molecule has 3 heteroatoms. The van der Waals surface area contributed by atoms with Crippen molar-refractivity contribution in [3.63, 3.8) is 0 Å². The van der Waals surface area contributed by atoms with E-state index in [0.717, 1.165) is 26.1 Å². The molecule has 0 bridgehead atoms. The van der Waals surface area contributed by atoms with Crippen molar-refractivity contribution in [3.8, 4) is 0 Å². The normalized spacial score (nSPS) is 25.3. The first-order valence-electron chi connectivity index (χ1n) is 6.44. The molecule has 1 rings (SSSR count). The summed E-state index contributed by atoms with van der Waals surface area (Å²) in [5.74, 6) is 0. The number of methoxy groups -OCH3 is 1. The molecule has 0 aliphatic carbocycles. The maximum atomic E-state index is 5.98. The molecule has 0 spiro atoms. The van der Waals surface area contributed by atoms with Crippen LogP contribution in [0.1, 0.15) is 40.0 Å². The fourth-order valence-corrected chi connectivity index (χ4v) is 2.60. The molecule has 0 aromatic carbocycles. The highest BCUT2D eigenvalue weighted by molar-refractivity contribution is 4.94. The lowest BCUT2D eigenvalue weighted by atomic mass is 9.80. The van der Waals surface area contributed by atoms with Gasteiger partial charge in [0.1, 0.15) is 0 Å². The van der Waals surface area contributed by atoms with Crippen molar-refractivity contribution in [2.75, 3.05) is 33.4 Å². The Morgan fingerprint density at radius 3 is 2.25 bits per heavy atom. The summed E-state index contributed by atoms with van der Waals surface area (Å²) in [5, 5.41) is 0. The molecule has 96 valence electrons. The average Bonchev–Trinajstić information content (AvgIpc) is 2.26. The first kappa shape index (κ1) is 13.9. The second-order valence-corrected chi connectivity index (χ2v) is 5.87. The molecule has 1 atom stereocenters. The predicted octanol–water partition coefficient (Wildman–Crippen LogP) is 1.86. The van der Waals surface area contributed by atoms with Crippen molar-refractivity contribution in [2.24, 2.45) is 11.1 Å². The molecular formula is C13H28N2O. The Morgan fingerprint density at radius 1 is 1.31 bits per heavy atom. The Hall–Kier alpha value is -0.120. The monoisotopic (exact) mass is 228 g/mol. The second-order valence-electron chi connectivity index (χ2n) is 5.87. The highest BCUT2D eigenvalue weighted by Gasteiger charge is 2.37. The first-order chi connectivity index (χ1) is 7.49. The van der Waals surface area contributed by atoms with Gasteiger partial charge in [-0.15, -0.1) is 0 Å². The average molecular weight is 228 g/mol. The zero-order chi connectivity index (χ0) is 12.2. The van der Waals surface area contributed by atoms with E-state index in [2.05, 4.69) is 25.7 Å². The van der Waals surface area contributed by atoms with Crippen LogP contribution in [0.2, 0.25) is 0 Å². The largest absolute Gasteiger partial charge is 0.383 e. The van der Waals surface area contributed by atoms with Gasteiger partial charge in [0.15, 0.2) is 0 Å². The van der Waals surface area contributed by atoms with Gasteiger partial charge in [0.25, 0.3) is 0 Å². The summed E-state index contributed by atoms with van der Waals surface area (Å²) in [5.41, 5.74) is 6.54. The summed E-state index contributed by atoms with van der Waals surface area (Å²) in [6.45, 7) is 10.7. The lowest BCUT2D eigenvalue weighted by molar-refractivity contribution is -0.0190. The van der Waals surface area contributed by atoms with E-state index in [1.807, 2.05) is 0 Å². The van der Waals surface area contributed by atoms with Gasteiger partial charge in [0.2, 0.25) is 0 Å². The van der Waals surface area contributed by atoms with E-state index >= 15 is 0 Å². The summed E-state index contributed by atoms with van der Waals surface area (Å²) in [6, 6.07) is 0. The van der Waals surface area contributed by atoms with E-state index in [-0.39, 0.29) is 5.54 Å². The predicted molar refractivity (Wildman–Crippen MR) is 68.5 cm³/mol. The summed E-state index contributed by atoms with van der Waals surface area (Å²) >= 11 is 0. The van der Waals surface area contributed by atoms with Crippen LogP contribution in [0, 0.1) is 5.41 Å². The summed E-state index contributed by atoms with van der Waals surface area (Å²) in [6.07, 6.45) is 3.59. The van der Waals surface area contributed by atoms with Crippen LogP contribution in [0.25, 0.3) is 0 Å². The highest BCUT2D eigenvalue weighted by Crippen LogP contribution is 2.33. The maximum Gasteiger partial charge on any atom is 0.0658 e. The van der Waals surface area contributed by atoms with Gasteiger partial charge in [0.05, 0.1) is 12.1 Å². The van der Waals surface area contributed by atoms with Gasteiger partial charge in [-0.25, -0.2) is 0 Å². The van der Waals surface area contributed by atoms with Crippen LogP contribution in [0.15, 0.2) is 0 Å². The smallest absolute Gasteiger partial charge is 0.0658 e. The fourth-order valence-electron chi connectivity index (χ4n) is 2.60. The van der Waals surface area contributed by atoms with E-state index in [9.17, 15) is 0 Å². The second kappa shape index (κ2) is 5.48. The van der Waals surface area contributed by atoms with Crippen molar-refractivity contribution in [1.29, 1.82) is 0 Å². The molecular weight excluding hydrogens is 200 g/mol. The zero-order valence-electron chi connectivity index (χ0n) is 11.4. The minimum atomic E-state index is 0.0608. The Bertz CT molecular complexity index is 202. The summed E-state index contributed by atoms with van der Waals surface area (Å²) in [7, 11) is 1.77. The van der Waals surface area contributed by atoms with Gasteiger partial charge in [-0.05, 0) is 37.8 Å². The number of nitrogens with zero attached hydrogens (tertiary/aromatic N) is 1. The number of hydrogen-bond donors (Lipinski definition) is 1. The lowest BCUT2D eigenvalue weighted by Gasteiger charge is -2.48. The number of piperidine rings is 1. The van der Waals surface area contributed by atoms with Gasteiger partial charge < -0.3 is 10.5 Å². The Balaban J connectivity index is 2.66. The molecule has 0 radical (unpaired) electrons. The van der Waals surface area contributed by atoms with Crippen molar-refractivity contribution >= 4 is 0 Å². The molecule has 0 saturated carbocycles. The molecule has 16 heavy (non-hydrogen) atoms. The molecule has 1 aliphatic heterocycles. The van der Waals surface area contributed by atoms with E-state index in [4.69, 9.17) is 10.5 Å². The van der Waals surface area contributed by atoms with E-state index in [1.165, 1.54) is 12.8 Å². The Morgan fingerprint density at radius 2 is 1.88 bits per heavy atom. The van der Waals surface area contributed by atoms with Crippen LogP contribution in [0.4, 0.5) is 0 Å². The first-order valence-corrected chi connectivity index (χ1v) is 6.44. The number of likely N-dealkylation sites (tertiary alicyclic amines) is 1. The van der Waals surface area contributed by atoms with Crippen LogP contribution in [0.5, 0.6) is 0 Å². The molecule has 1 heterocycles. The lowest BCUT2D eigenvalue weighted by Crippen LogP contribution is -2.59. The molecule has 1 aliphatic rings. The van der Waals surface area contributed by atoms with Crippen LogP contribution in [0.3, 0.4) is 0 Å². The van der Waals surface area contributed by atoms with E-state index in [0.29, 0.717) is 12.0 Å². The molecule has 1 fully saturated rings. The summed E-state index contributed by atoms with van der Waals surface area (Å²) < 4.78 is 5.37. The van der Waals surface area contributed by atoms with Crippen molar-refractivity contribution in [1.82, 2.24) is 4.90 Å². The van der Waals surface area contributed by atoms with Crippen LogP contribution in [-0.4, -0.2) is 43.8 Å². The number of ether oxygens (including phenoxy) is 1. The van der Waals surface area contributed by atoms with Crippen LogP contribution in [-0.2, 0) is 4.74 Å². The molecule has 0 aromatic rings. The molecule has 1 saturated heterocycles. The van der Waals surface area contributed by atoms with E-state index in [1.54, 1.807) is 7.11 Å². The standard InChI is InChI=1S/C13H28N2O/c1-5-13(10-14,11-16-4)15-8-6-12(2,3)7-9-15/h5-11,14H2,1-4H3. The van der Waals surface area contributed by atoms with Crippen molar-refractivity contribution < 1.29 is 4.74 Å². The van der Waals surface area contributed by atoms with Gasteiger partial charge in [-0.1, -0.05) is 20.8 Å². The quantitative estimate of drug-likeness (QED) is 0.780. The molecule has 3 nitrogen and oxygen atoms in total. The molecule has 0 amide bonds. The fraction of sp³-hybridized carbons (Fsp3) is 1.00. The highest BCUT2D eigenvalue weighted by atomic mass is 16.5. The van der Waals surface area contributed by atoms with E-state index < -0.39 is 0 Å². The number of nitrogens with two attached hydrogens (primary N) is 1. The van der Waals surface area contributed by atoms with Gasteiger partial charge >= 0.3 is 0 Å². The van der Waals surface area contributed by atoms with Crippen LogP contribution < -0.4 is 5.73 Å². The third kappa shape index (κ3) is 2.96. The van der Waals surface area contributed by atoms with Crippen molar-refractivity contribution in [2.45, 2.75) is 45.6 Å². The SMILES string of the molecule is CCC(CN)(COC)N1CCC(C)(C)CC1. The number of hydrogen-bond acceptors (Lipinski definition) is 3.